The molecular weight excluding hydrogens is 278 g/mol. The van der Waals surface area contributed by atoms with Crippen molar-refractivity contribution in [3.05, 3.63) is 83.9 Å². The molecule has 1 aliphatic carbocycles. The summed E-state index contributed by atoms with van der Waals surface area (Å²) in [5.74, 6) is 0. The summed E-state index contributed by atoms with van der Waals surface area (Å²) in [6.07, 6.45) is 0. The monoisotopic (exact) mass is 299 g/mol. The molecule has 0 fully saturated rings. The Balaban J connectivity index is 1.85. The molecule has 0 amide bonds. The summed E-state index contributed by atoms with van der Waals surface area (Å²) < 4.78 is 0. The van der Waals surface area contributed by atoms with Gasteiger partial charge in [-0.25, -0.2) is 0 Å². The fraction of sp³-hybridized carbons (Fsp3) is 0.182. The van der Waals surface area contributed by atoms with Gasteiger partial charge in [0.1, 0.15) is 0 Å². The lowest BCUT2D eigenvalue weighted by Crippen LogP contribution is -2.15. The largest absolute Gasteiger partial charge is 0.345 e. The second-order valence-electron chi connectivity index (χ2n) is 6.80. The van der Waals surface area contributed by atoms with Crippen LogP contribution in [0.25, 0.3) is 11.1 Å². The molecule has 0 saturated carbocycles. The van der Waals surface area contributed by atoms with E-state index in [-0.39, 0.29) is 5.41 Å². The van der Waals surface area contributed by atoms with Crippen molar-refractivity contribution in [1.29, 1.82) is 0 Å². The van der Waals surface area contributed by atoms with Gasteiger partial charge < -0.3 is 4.90 Å². The van der Waals surface area contributed by atoms with E-state index in [9.17, 15) is 0 Å². The smallest absolute Gasteiger partial charge is 0.0414 e. The van der Waals surface area contributed by atoms with Crippen LogP contribution >= 0.6 is 0 Å². The van der Waals surface area contributed by atoms with Gasteiger partial charge in [-0.1, -0.05) is 62.4 Å². The Bertz CT molecular complexity index is 862. The van der Waals surface area contributed by atoms with Crippen molar-refractivity contribution in [3.63, 3.8) is 0 Å². The van der Waals surface area contributed by atoms with Gasteiger partial charge in [0.2, 0.25) is 0 Å². The maximum atomic E-state index is 2.33. The van der Waals surface area contributed by atoms with Crippen LogP contribution in [-0.2, 0) is 5.41 Å². The molecule has 0 heterocycles. The molecule has 1 aliphatic rings. The van der Waals surface area contributed by atoms with Gasteiger partial charge in [-0.2, -0.15) is 0 Å². The van der Waals surface area contributed by atoms with Crippen LogP contribution in [0.3, 0.4) is 0 Å². The first kappa shape index (κ1) is 14.1. The summed E-state index contributed by atoms with van der Waals surface area (Å²) in [6, 6.07) is 26.1. The molecule has 0 bridgehead atoms. The van der Waals surface area contributed by atoms with Gasteiger partial charge in [0.15, 0.2) is 0 Å². The highest BCUT2D eigenvalue weighted by molar-refractivity contribution is 5.83. The number of hydrogen-bond acceptors (Lipinski definition) is 1. The van der Waals surface area contributed by atoms with Gasteiger partial charge in [-0.15, -0.1) is 0 Å². The van der Waals surface area contributed by atoms with Crippen LogP contribution in [0.4, 0.5) is 11.4 Å². The third-order valence-electron chi connectivity index (χ3n) is 5.10. The van der Waals surface area contributed by atoms with Gasteiger partial charge >= 0.3 is 0 Å². The van der Waals surface area contributed by atoms with Crippen molar-refractivity contribution < 1.29 is 0 Å². The molecule has 3 aromatic carbocycles. The first-order chi connectivity index (χ1) is 11.1. The van der Waals surface area contributed by atoms with Crippen molar-refractivity contribution in [1.82, 2.24) is 0 Å². The predicted octanol–water partition coefficient (Wildman–Crippen LogP) is 5.76. The van der Waals surface area contributed by atoms with E-state index < -0.39 is 0 Å². The quantitative estimate of drug-likeness (QED) is 0.581. The summed E-state index contributed by atoms with van der Waals surface area (Å²) in [7, 11) is 2.13. The topological polar surface area (TPSA) is 3.24 Å². The lowest BCUT2D eigenvalue weighted by molar-refractivity contribution is 0.660. The van der Waals surface area contributed by atoms with E-state index in [1.54, 1.807) is 0 Å². The van der Waals surface area contributed by atoms with E-state index in [1.165, 1.54) is 33.6 Å². The Morgan fingerprint density at radius 2 is 1.30 bits per heavy atom. The minimum atomic E-state index is 0.0791. The Hall–Kier alpha value is -2.54. The molecule has 3 aromatic rings. The maximum absolute atomic E-state index is 2.33. The number of fused-ring (bicyclic) bond motifs is 3. The van der Waals surface area contributed by atoms with Crippen LogP contribution in [0.5, 0.6) is 0 Å². The number of nitrogens with zero attached hydrogens (tertiary/aromatic N) is 1. The molecule has 114 valence electrons. The maximum Gasteiger partial charge on any atom is 0.0414 e. The van der Waals surface area contributed by atoms with E-state index in [1.807, 2.05) is 0 Å². The van der Waals surface area contributed by atoms with Gasteiger partial charge in [-0.05, 0) is 46.5 Å². The molecule has 0 unspecified atom stereocenters. The van der Waals surface area contributed by atoms with Gasteiger partial charge in [0, 0.05) is 23.8 Å². The molecule has 23 heavy (non-hydrogen) atoms. The van der Waals surface area contributed by atoms with Crippen molar-refractivity contribution in [2.45, 2.75) is 19.3 Å². The van der Waals surface area contributed by atoms with E-state index in [0.717, 1.165) is 0 Å². The van der Waals surface area contributed by atoms with Gasteiger partial charge in [-0.3, -0.25) is 0 Å². The van der Waals surface area contributed by atoms with Gasteiger partial charge in [0.05, 0.1) is 0 Å². The molecular formula is C22H21N. The zero-order valence-corrected chi connectivity index (χ0v) is 13.9. The molecule has 1 heteroatoms. The van der Waals surface area contributed by atoms with Crippen LogP contribution in [-0.4, -0.2) is 7.05 Å². The standard InChI is InChI=1S/C22H21N/c1-22(2)20-12-8-7-11-18(20)19-15-17(13-14-21(19)22)23(3)16-9-5-4-6-10-16/h4-15H,1-3H3. The van der Waals surface area contributed by atoms with E-state index in [0.29, 0.717) is 0 Å². The van der Waals surface area contributed by atoms with Crippen molar-refractivity contribution in [3.8, 4) is 11.1 Å². The average molecular weight is 299 g/mol. The first-order valence-electron chi connectivity index (χ1n) is 8.12. The number of hydrogen-bond donors (Lipinski definition) is 0. The highest BCUT2D eigenvalue weighted by atomic mass is 15.1. The van der Waals surface area contributed by atoms with Crippen molar-refractivity contribution in [2.24, 2.45) is 0 Å². The molecule has 0 radical (unpaired) electrons. The third-order valence-corrected chi connectivity index (χ3v) is 5.10. The normalized spacial score (nSPS) is 14.2. The van der Waals surface area contributed by atoms with Crippen LogP contribution in [0.1, 0.15) is 25.0 Å². The number of para-hydroxylation sites is 1. The van der Waals surface area contributed by atoms with Crippen molar-refractivity contribution in [2.75, 3.05) is 11.9 Å². The van der Waals surface area contributed by atoms with Crippen LogP contribution in [0.2, 0.25) is 0 Å². The lowest BCUT2D eigenvalue weighted by Gasteiger charge is -2.23. The third kappa shape index (κ3) is 2.08. The van der Waals surface area contributed by atoms with E-state index in [4.69, 9.17) is 0 Å². The number of benzene rings is 3. The highest BCUT2D eigenvalue weighted by Crippen LogP contribution is 2.49. The molecule has 0 atom stereocenters. The minimum Gasteiger partial charge on any atom is -0.345 e. The SMILES string of the molecule is CN(c1ccccc1)c1ccc2c(c1)-c1ccccc1C2(C)C. The lowest BCUT2D eigenvalue weighted by atomic mass is 9.82. The second-order valence-corrected chi connectivity index (χ2v) is 6.80. The fourth-order valence-corrected chi connectivity index (χ4v) is 3.72. The Morgan fingerprint density at radius 1 is 0.652 bits per heavy atom. The summed E-state index contributed by atoms with van der Waals surface area (Å²) in [5, 5.41) is 0. The van der Waals surface area contributed by atoms with E-state index >= 15 is 0 Å². The zero-order valence-electron chi connectivity index (χ0n) is 13.9. The van der Waals surface area contributed by atoms with E-state index in [2.05, 4.69) is 98.6 Å². The molecule has 4 rings (SSSR count). The number of rotatable bonds is 2. The molecule has 1 nitrogen and oxygen atoms in total. The van der Waals surface area contributed by atoms with Gasteiger partial charge in [0.25, 0.3) is 0 Å². The molecule has 0 aromatic heterocycles. The Kier molecular flexibility index (Phi) is 3.05. The van der Waals surface area contributed by atoms with Crippen LogP contribution < -0.4 is 4.90 Å². The summed E-state index contributed by atoms with van der Waals surface area (Å²) in [4.78, 5) is 2.24. The first-order valence-corrected chi connectivity index (χ1v) is 8.12. The molecule has 0 aliphatic heterocycles. The highest BCUT2D eigenvalue weighted by Gasteiger charge is 2.35. The molecule has 0 spiro atoms. The average Bonchev–Trinajstić information content (AvgIpc) is 2.83. The molecule has 0 saturated heterocycles. The Morgan fingerprint density at radius 3 is 2.09 bits per heavy atom. The second kappa shape index (κ2) is 4.99. The minimum absolute atomic E-state index is 0.0791. The number of anilines is 2. The van der Waals surface area contributed by atoms with Crippen LogP contribution in [0.15, 0.2) is 72.8 Å². The summed E-state index contributed by atoms with van der Waals surface area (Å²) in [5.41, 5.74) is 8.09. The van der Waals surface area contributed by atoms with Crippen LogP contribution in [0, 0.1) is 0 Å². The Labute approximate surface area is 138 Å². The molecule has 0 N–H and O–H groups in total. The van der Waals surface area contributed by atoms with Crippen molar-refractivity contribution >= 4 is 11.4 Å². The fourth-order valence-electron chi connectivity index (χ4n) is 3.72. The zero-order chi connectivity index (χ0) is 16.0. The summed E-state index contributed by atoms with van der Waals surface area (Å²) in [6.45, 7) is 4.64. The summed E-state index contributed by atoms with van der Waals surface area (Å²) >= 11 is 0. The predicted molar refractivity (Wildman–Crippen MR) is 98.5 cm³/mol.